The summed E-state index contributed by atoms with van der Waals surface area (Å²) in [6.07, 6.45) is 0. The molecule has 1 N–H and O–H groups in total. The minimum atomic E-state index is -0.934. The zero-order chi connectivity index (χ0) is 15.2. The summed E-state index contributed by atoms with van der Waals surface area (Å²) in [5, 5.41) is 9.10. The summed E-state index contributed by atoms with van der Waals surface area (Å²) >= 11 is 1.43. The summed E-state index contributed by atoms with van der Waals surface area (Å²) in [5.74, 6) is -0.0132. The van der Waals surface area contributed by atoms with Gasteiger partial charge in [-0.2, -0.15) is 0 Å². The Morgan fingerprint density at radius 2 is 1.71 bits per heavy atom. The number of thioether (sulfide) groups is 1. The SMILES string of the molecule is Cc1ccc(C(=O)CSCc2ccccc2C(=O)O)cc1. The zero-order valence-electron chi connectivity index (χ0n) is 11.7. The number of carbonyl (C=O) groups excluding carboxylic acids is 1. The number of hydrogen-bond donors (Lipinski definition) is 1. The number of benzene rings is 2. The molecule has 0 heterocycles. The molecule has 2 aromatic carbocycles. The van der Waals surface area contributed by atoms with Crippen LogP contribution in [0.3, 0.4) is 0 Å². The molecular weight excluding hydrogens is 284 g/mol. The van der Waals surface area contributed by atoms with Gasteiger partial charge >= 0.3 is 5.97 Å². The summed E-state index contributed by atoms with van der Waals surface area (Å²) < 4.78 is 0. The van der Waals surface area contributed by atoms with E-state index >= 15 is 0 Å². The predicted molar refractivity (Wildman–Crippen MR) is 85.1 cm³/mol. The lowest BCUT2D eigenvalue weighted by atomic mass is 10.1. The molecule has 0 aliphatic carbocycles. The van der Waals surface area contributed by atoms with Crippen LogP contribution in [0.4, 0.5) is 0 Å². The van der Waals surface area contributed by atoms with E-state index in [0.717, 1.165) is 11.1 Å². The molecule has 0 bridgehead atoms. The van der Waals surface area contributed by atoms with Crippen LogP contribution < -0.4 is 0 Å². The molecule has 2 aromatic rings. The smallest absolute Gasteiger partial charge is 0.335 e. The Bertz CT molecular complexity index is 647. The van der Waals surface area contributed by atoms with E-state index in [4.69, 9.17) is 5.11 Å². The van der Waals surface area contributed by atoms with Crippen LogP contribution >= 0.6 is 11.8 Å². The van der Waals surface area contributed by atoms with E-state index in [9.17, 15) is 9.59 Å². The molecule has 0 saturated carbocycles. The van der Waals surface area contributed by atoms with Crippen LogP contribution in [-0.2, 0) is 5.75 Å². The maximum absolute atomic E-state index is 12.0. The van der Waals surface area contributed by atoms with Crippen LogP contribution in [-0.4, -0.2) is 22.6 Å². The molecular formula is C17H16O3S. The van der Waals surface area contributed by atoms with Gasteiger partial charge in [-0.1, -0.05) is 48.0 Å². The lowest BCUT2D eigenvalue weighted by Gasteiger charge is -2.05. The van der Waals surface area contributed by atoms with Crippen molar-refractivity contribution in [3.05, 3.63) is 70.8 Å². The fourth-order valence-electron chi connectivity index (χ4n) is 1.93. The number of hydrogen-bond acceptors (Lipinski definition) is 3. The maximum Gasteiger partial charge on any atom is 0.335 e. The first-order valence-corrected chi connectivity index (χ1v) is 7.72. The van der Waals surface area contributed by atoms with E-state index in [1.807, 2.05) is 37.3 Å². The molecule has 0 aliphatic heterocycles. The van der Waals surface area contributed by atoms with Crippen molar-refractivity contribution in [1.82, 2.24) is 0 Å². The van der Waals surface area contributed by atoms with Crippen molar-refractivity contribution in [1.29, 1.82) is 0 Å². The van der Waals surface area contributed by atoms with Gasteiger partial charge in [-0.25, -0.2) is 4.79 Å². The Hall–Kier alpha value is -2.07. The molecule has 3 nitrogen and oxygen atoms in total. The molecule has 0 unspecified atom stereocenters. The Labute approximate surface area is 128 Å². The van der Waals surface area contributed by atoms with Crippen molar-refractivity contribution in [3.8, 4) is 0 Å². The number of carbonyl (C=O) groups is 2. The predicted octanol–water partition coefficient (Wildman–Crippen LogP) is 3.81. The standard InChI is InChI=1S/C17H16O3S/c1-12-6-8-13(9-7-12)16(18)11-21-10-14-4-2-3-5-15(14)17(19)20/h2-9H,10-11H2,1H3,(H,19,20). The molecule has 108 valence electrons. The molecule has 2 rings (SSSR count). The molecule has 0 radical (unpaired) electrons. The van der Waals surface area contributed by atoms with E-state index in [0.29, 0.717) is 22.6 Å². The first-order chi connectivity index (χ1) is 10.1. The average Bonchev–Trinajstić information content (AvgIpc) is 2.48. The van der Waals surface area contributed by atoms with Crippen LogP contribution in [0, 0.1) is 6.92 Å². The number of Topliss-reactive ketones (excluding diaryl/α,β-unsaturated/α-hetero) is 1. The van der Waals surface area contributed by atoms with Gasteiger partial charge in [-0.3, -0.25) is 4.79 Å². The highest BCUT2D eigenvalue weighted by atomic mass is 32.2. The van der Waals surface area contributed by atoms with E-state index in [2.05, 4.69) is 0 Å². The quantitative estimate of drug-likeness (QED) is 0.824. The van der Waals surface area contributed by atoms with Gasteiger partial charge in [0.2, 0.25) is 0 Å². The third-order valence-corrected chi connectivity index (χ3v) is 4.09. The number of aryl methyl sites for hydroxylation is 1. The normalized spacial score (nSPS) is 10.3. The molecule has 0 spiro atoms. The number of ketones is 1. The van der Waals surface area contributed by atoms with Crippen molar-refractivity contribution in [3.63, 3.8) is 0 Å². The van der Waals surface area contributed by atoms with Crippen LogP contribution in [0.25, 0.3) is 0 Å². The summed E-state index contributed by atoms with van der Waals surface area (Å²) in [6, 6.07) is 14.4. The van der Waals surface area contributed by atoms with Crippen molar-refractivity contribution in [2.45, 2.75) is 12.7 Å². The minimum Gasteiger partial charge on any atom is -0.478 e. The molecule has 0 amide bonds. The van der Waals surface area contributed by atoms with E-state index in [1.165, 1.54) is 11.8 Å². The van der Waals surface area contributed by atoms with E-state index in [1.54, 1.807) is 18.2 Å². The maximum atomic E-state index is 12.0. The second-order valence-corrected chi connectivity index (χ2v) is 5.73. The molecule has 0 aromatic heterocycles. The van der Waals surface area contributed by atoms with Gasteiger partial charge in [0.1, 0.15) is 0 Å². The van der Waals surface area contributed by atoms with Crippen LogP contribution in [0.5, 0.6) is 0 Å². The minimum absolute atomic E-state index is 0.0628. The number of rotatable bonds is 6. The zero-order valence-corrected chi connectivity index (χ0v) is 12.5. The summed E-state index contributed by atoms with van der Waals surface area (Å²) in [7, 11) is 0. The third kappa shape index (κ3) is 4.20. The van der Waals surface area contributed by atoms with Gasteiger partial charge in [0.15, 0.2) is 5.78 Å². The third-order valence-electron chi connectivity index (χ3n) is 3.11. The summed E-state index contributed by atoms with van der Waals surface area (Å²) in [4.78, 5) is 23.1. The number of carboxylic acids is 1. The van der Waals surface area contributed by atoms with Gasteiger partial charge in [0.05, 0.1) is 11.3 Å². The van der Waals surface area contributed by atoms with Gasteiger partial charge < -0.3 is 5.11 Å². The van der Waals surface area contributed by atoms with E-state index in [-0.39, 0.29) is 5.78 Å². The number of aromatic carboxylic acids is 1. The monoisotopic (exact) mass is 300 g/mol. The lowest BCUT2D eigenvalue weighted by Crippen LogP contribution is -2.04. The van der Waals surface area contributed by atoms with Gasteiger partial charge in [0.25, 0.3) is 0 Å². The highest BCUT2D eigenvalue weighted by Gasteiger charge is 2.10. The van der Waals surface area contributed by atoms with Crippen LogP contribution in [0.1, 0.15) is 31.8 Å². The van der Waals surface area contributed by atoms with Gasteiger partial charge in [0, 0.05) is 11.3 Å². The van der Waals surface area contributed by atoms with Crippen molar-refractivity contribution in [2.75, 3.05) is 5.75 Å². The lowest BCUT2D eigenvalue weighted by molar-refractivity contribution is 0.0696. The van der Waals surface area contributed by atoms with Gasteiger partial charge in [-0.15, -0.1) is 11.8 Å². The molecule has 21 heavy (non-hydrogen) atoms. The number of carboxylic acid groups (broad SMARTS) is 1. The topological polar surface area (TPSA) is 54.4 Å². The summed E-state index contributed by atoms with van der Waals surface area (Å²) in [6.45, 7) is 1.98. The Morgan fingerprint density at radius 1 is 1.05 bits per heavy atom. The second-order valence-electron chi connectivity index (χ2n) is 4.74. The molecule has 0 saturated heterocycles. The van der Waals surface area contributed by atoms with E-state index < -0.39 is 5.97 Å². The molecule has 0 aliphatic rings. The Balaban J connectivity index is 1.94. The fraction of sp³-hybridized carbons (Fsp3) is 0.176. The van der Waals surface area contributed by atoms with Crippen LogP contribution in [0.15, 0.2) is 48.5 Å². The van der Waals surface area contributed by atoms with Crippen molar-refractivity contribution in [2.24, 2.45) is 0 Å². The Morgan fingerprint density at radius 3 is 2.38 bits per heavy atom. The first-order valence-electron chi connectivity index (χ1n) is 6.57. The van der Waals surface area contributed by atoms with Crippen LogP contribution in [0.2, 0.25) is 0 Å². The molecule has 4 heteroatoms. The van der Waals surface area contributed by atoms with Crippen molar-refractivity contribution >= 4 is 23.5 Å². The highest BCUT2D eigenvalue weighted by Crippen LogP contribution is 2.18. The molecule has 0 atom stereocenters. The van der Waals surface area contributed by atoms with Crippen molar-refractivity contribution < 1.29 is 14.7 Å². The van der Waals surface area contributed by atoms with Gasteiger partial charge in [-0.05, 0) is 18.6 Å². The second kappa shape index (κ2) is 7.09. The Kier molecular flexibility index (Phi) is 5.17. The summed E-state index contributed by atoms with van der Waals surface area (Å²) in [5.41, 5.74) is 2.86. The fourth-order valence-corrected chi connectivity index (χ4v) is 2.86. The molecule has 0 fully saturated rings. The highest BCUT2D eigenvalue weighted by molar-refractivity contribution is 7.99. The average molecular weight is 300 g/mol. The first kappa shape index (κ1) is 15.3. The largest absolute Gasteiger partial charge is 0.478 e.